The van der Waals surface area contributed by atoms with Crippen LogP contribution in [0.1, 0.15) is 38.2 Å². The minimum Gasteiger partial charge on any atom is -0.464 e. The van der Waals surface area contributed by atoms with Gasteiger partial charge in [0, 0.05) is 6.42 Å². The van der Waals surface area contributed by atoms with E-state index in [9.17, 15) is 19.6 Å². The summed E-state index contributed by atoms with van der Waals surface area (Å²) in [5.41, 5.74) is -1.29. The topological polar surface area (TPSA) is 93.1 Å². The zero-order valence-corrected chi connectivity index (χ0v) is 13.6. The van der Waals surface area contributed by atoms with E-state index >= 15 is 0 Å². The second kappa shape index (κ2) is 7.92. The summed E-state index contributed by atoms with van der Waals surface area (Å²) < 4.78 is 9.94. The first-order chi connectivity index (χ1) is 11.5. The molecular weight excluding hydrogens is 314 g/mol. The quantitative estimate of drug-likeness (QED) is 0.384. The molecule has 1 aliphatic carbocycles. The van der Waals surface area contributed by atoms with Gasteiger partial charge in [0.05, 0.1) is 6.61 Å². The van der Waals surface area contributed by atoms with E-state index in [2.05, 4.69) is 0 Å². The lowest BCUT2D eigenvalue weighted by Crippen LogP contribution is -2.62. The van der Waals surface area contributed by atoms with Gasteiger partial charge in [0.2, 0.25) is 5.54 Å². The number of esters is 1. The van der Waals surface area contributed by atoms with E-state index in [1.165, 1.54) is 0 Å². The molecule has 1 aromatic carbocycles. The fourth-order valence-electron chi connectivity index (χ4n) is 2.73. The number of nitrogens with zero attached hydrogens (tertiary/aromatic N) is 1. The molecule has 1 amide bonds. The maximum atomic E-state index is 12.3. The number of ketones is 1. The van der Waals surface area contributed by atoms with E-state index in [4.69, 9.17) is 9.47 Å². The third-order valence-electron chi connectivity index (χ3n) is 4.01. The van der Waals surface area contributed by atoms with Crippen LogP contribution < -0.4 is 0 Å². The molecule has 7 nitrogen and oxygen atoms in total. The lowest BCUT2D eigenvalue weighted by Gasteiger charge is -2.37. The summed E-state index contributed by atoms with van der Waals surface area (Å²) in [5, 5.41) is 10.4. The third-order valence-corrected chi connectivity index (χ3v) is 4.01. The van der Waals surface area contributed by atoms with Crippen LogP contribution >= 0.6 is 0 Å². The molecule has 1 fully saturated rings. The van der Waals surface area contributed by atoms with Gasteiger partial charge in [0.25, 0.3) is 0 Å². The van der Waals surface area contributed by atoms with Gasteiger partial charge < -0.3 is 9.47 Å². The number of ether oxygens (including phenoxy) is 2. The van der Waals surface area contributed by atoms with Crippen molar-refractivity contribution >= 4 is 17.8 Å². The zero-order chi connectivity index (χ0) is 17.6. The van der Waals surface area contributed by atoms with Crippen molar-refractivity contribution in [3.63, 3.8) is 0 Å². The Labute approximate surface area is 140 Å². The van der Waals surface area contributed by atoms with Crippen LogP contribution in [0.2, 0.25) is 0 Å². The first kappa shape index (κ1) is 17.9. The molecule has 0 saturated heterocycles. The van der Waals surface area contributed by atoms with Gasteiger partial charge in [-0.25, -0.2) is 9.59 Å². The molecule has 1 saturated carbocycles. The Bertz CT molecular complexity index is 602. The number of carbonyl (C=O) groups is 3. The van der Waals surface area contributed by atoms with Crippen molar-refractivity contribution in [2.24, 2.45) is 0 Å². The summed E-state index contributed by atoms with van der Waals surface area (Å²) in [6.45, 7) is 1.55. The van der Waals surface area contributed by atoms with Crippen LogP contribution in [-0.4, -0.2) is 40.3 Å². The van der Waals surface area contributed by atoms with Crippen molar-refractivity contribution in [2.45, 2.75) is 44.8 Å². The first-order valence-electron chi connectivity index (χ1n) is 7.92. The second-order valence-corrected chi connectivity index (χ2v) is 5.56. The fraction of sp³-hybridized carbons (Fsp3) is 0.471. The number of hydrogen-bond donors (Lipinski definition) is 1. The fourth-order valence-corrected chi connectivity index (χ4v) is 2.73. The van der Waals surface area contributed by atoms with Gasteiger partial charge in [-0.1, -0.05) is 30.3 Å². The highest BCUT2D eigenvalue weighted by molar-refractivity contribution is 6.10. The molecule has 7 heteroatoms. The summed E-state index contributed by atoms with van der Waals surface area (Å²) in [6.07, 6.45) is 0.0892. The summed E-state index contributed by atoms with van der Waals surface area (Å²) >= 11 is 0. The van der Waals surface area contributed by atoms with E-state index in [0.717, 1.165) is 5.56 Å². The maximum Gasteiger partial charge on any atom is 0.435 e. The second-order valence-electron chi connectivity index (χ2n) is 5.56. The lowest BCUT2D eigenvalue weighted by atomic mass is 9.80. The van der Waals surface area contributed by atoms with Crippen LogP contribution in [0, 0.1) is 0 Å². The predicted molar refractivity (Wildman–Crippen MR) is 83.1 cm³/mol. The molecular formula is C17H21NO6. The molecule has 0 bridgehead atoms. The average Bonchev–Trinajstić information content (AvgIpc) is 2.60. The Morgan fingerprint density at radius 1 is 1.21 bits per heavy atom. The van der Waals surface area contributed by atoms with Gasteiger partial charge in [-0.2, -0.15) is 5.06 Å². The predicted octanol–water partition coefficient (Wildman–Crippen LogP) is 2.46. The van der Waals surface area contributed by atoms with Crippen LogP contribution in [0.25, 0.3) is 0 Å². The molecule has 130 valence electrons. The lowest BCUT2D eigenvalue weighted by molar-refractivity contribution is -0.195. The molecule has 0 unspecified atom stereocenters. The summed E-state index contributed by atoms with van der Waals surface area (Å²) in [7, 11) is 0. The van der Waals surface area contributed by atoms with Crippen LogP contribution in [0.3, 0.4) is 0 Å². The Hall–Kier alpha value is -2.41. The van der Waals surface area contributed by atoms with Crippen LogP contribution in [0.15, 0.2) is 30.3 Å². The summed E-state index contributed by atoms with van der Waals surface area (Å²) in [4.78, 5) is 36.8. The maximum absolute atomic E-state index is 12.3. The monoisotopic (exact) mass is 335 g/mol. The third kappa shape index (κ3) is 3.56. The number of hydroxylamine groups is 2. The zero-order valence-electron chi connectivity index (χ0n) is 13.6. The summed E-state index contributed by atoms with van der Waals surface area (Å²) in [6, 6.07) is 8.89. The van der Waals surface area contributed by atoms with Crippen molar-refractivity contribution in [3.05, 3.63) is 35.9 Å². The van der Waals surface area contributed by atoms with Gasteiger partial charge >= 0.3 is 12.1 Å². The largest absolute Gasteiger partial charge is 0.464 e. The molecule has 0 spiro atoms. The molecule has 0 heterocycles. The van der Waals surface area contributed by atoms with Crippen LogP contribution in [-0.2, 0) is 25.7 Å². The number of hydrogen-bond acceptors (Lipinski definition) is 6. The number of Topliss-reactive ketones (excluding diaryl/α,β-unsaturated/α-hetero) is 1. The highest BCUT2D eigenvalue weighted by Crippen LogP contribution is 2.32. The number of benzene rings is 1. The molecule has 1 N–H and O–H groups in total. The van der Waals surface area contributed by atoms with Crippen molar-refractivity contribution in [2.75, 3.05) is 6.61 Å². The highest BCUT2D eigenvalue weighted by Gasteiger charge is 2.55. The van der Waals surface area contributed by atoms with E-state index in [1.54, 1.807) is 31.2 Å². The number of carbonyl (C=O) groups excluding carboxylic acids is 3. The number of rotatable bonds is 5. The molecule has 2 rings (SSSR count). The van der Waals surface area contributed by atoms with Crippen LogP contribution in [0.4, 0.5) is 4.79 Å². The van der Waals surface area contributed by atoms with E-state index < -0.39 is 23.4 Å². The Balaban J connectivity index is 2.14. The van der Waals surface area contributed by atoms with Crippen molar-refractivity contribution < 1.29 is 29.1 Å². The SMILES string of the molecule is CCOC(=O)[C@@]1(N(O)C(=O)OCc2ccccc2)CCCCC1=O. The smallest absolute Gasteiger partial charge is 0.435 e. The van der Waals surface area contributed by atoms with Crippen molar-refractivity contribution in [1.29, 1.82) is 0 Å². The highest BCUT2D eigenvalue weighted by atomic mass is 16.6. The van der Waals surface area contributed by atoms with E-state index in [1.807, 2.05) is 6.07 Å². The minimum atomic E-state index is -2.01. The molecule has 0 aliphatic heterocycles. The standard InChI is InChI=1S/C17H21NO6/c1-2-23-15(20)17(11-7-6-10-14(17)19)18(22)16(21)24-12-13-8-4-3-5-9-13/h3-5,8-9,22H,2,6-7,10-12H2,1H3/t17-/m1/s1. The Morgan fingerprint density at radius 3 is 2.54 bits per heavy atom. The Morgan fingerprint density at radius 2 is 1.92 bits per heavy atom. The molecule has 0 radical (unpaired) electrons. The van der Waals surface area contributed by atoms with E-state index in [0.29, 0.717) is 12.8 Å². The van der Waals surface area contributed by atoms with Gasteiger partial charge in [-0.15, -0.1) is 0 Å². The molecule has 1 aliphatic rings. The van der Waals surface area contributed by atoms with Crippen molar-refractivity contribution in [3.8, 4) is 0 Å². The van der Waals surface area contributed by atoms with Crippen molar-refractivity contribution in [1.82, 2.24) is 5.06 Å². The molecule has 1 aromatic rings. The van der Waals surface area contributed by atoms with Crippen LogP contribution in [0.5, 0.6) is 0 Å². The van der Waals surface area contributed by atoms with E-state index in [-0.39, 0.29) is 31.1 Å². The normalized spacial score (nSPS) is 20.3. The summed E-state index contributed by atoms with van der Waals surface area (Å²) in [5.74, 6) is -1.46. The minimum absolute atomic E-state index is 0.0155. The van der Waals surface area contributed by atoms with Gasteiger partial charge in [-0.3, -0.25) is 10.0 Å². The van der Waals surface area contributed by atoms with Gasteiger partial charge in [0.15, 0.2) is 5.78 Å². The van der Waals surface area contributed by atoms with Gasteiger partial charge in [-0.05, 0) is 31.7 Å². The molecule has 1 atom stereocenters. The number of amides is 1. The first-order valence-corrected chi connectivity index (χ1v) is 7.92. The molecule has 24 heavy (non-hydrogen) atoms. The van der Waals surface area contributed by atoms with Gasteiger partial charge in [0.1, 0.15) is 6.61 Å². The molecule has 0 aromatic heterocycles. The Kier molecular flexibility index (Phi) is 5.92. The average molecular weight is 335 g/mol.